The molecule has 0 aliphatic heterocycles. The molecule has 142 valence electrons. The van der Waals surface area contributed by atoms with Gasteiger partial charge in [0.1, 0.15) is 17.4 Å². The third kappa shape index (κ3) is 3.76. The minimum atomic E-state index is -4.83. The monoisotopic (exact) mass is 384 g/mol. The number of nitrogens with zero attached hydrogens (tertiary/aromatic N) is 2. The Morgan fingerprint density at radius 1 is 1.07 bits per heavy atom. The molecule has 2 aromatic carbocycles. The van der Waals surface area contributed by atoms with Crippen molar-refractivity contribution in [2.45, 2.75) is 12.7 Å². The molecule has 7 heteroatoms. The molecular formula is C21H15F3N2O2. The van der Waals surface area contributed by atoms with Gasteiger partial charge in [-0.05, 0) is 23.8 Å². The van der Waals surface area contributed by atoms with Crippen molar-refractivity contribution in [1.82, 2.24) is 4.57 Å². The zero-order valence-corrected chi connectivity index (χ0v) is 14.8. The normalized spacial score (nSPS) is 11.1. The predicted octanol–water partition coefficient (Wildman–Crippen LogP) is 4.46. The fourth-order valence-corrected chi connectivity index (χ4v) is 2.92. The Labute approximate surface area is 159 Å². The van der Waals surface area contributed by atoms with Crippen LogP contribution in [0.3, 0.4) is 0 Å². The maximum atomic E-state index is 13.5. The quantitative estimate of drug-likeness (QED) is 0.667. The summed E-state index contributed by atoms with van der Waals surface area (Å²) in [5.74, 6) is 0.439. The summed E-state index contributed by atoms with van der Waals surface area (Å²) >= 11 is 0. The standard InChI is InChI=1S/C21H15F3N2O2/c1-28-16-9-5-8-15(10-16)19-11-18(21(22,23)24)17(12-25)20(27)26(19)13-14-6-3-2-4-7-14/h2-11H,13H2,1H3. The molecule has 0 aliphatic carbocycles. The Bertz CT molecular complexity index is 1100. The molecule has 0 atom stereocenters. The highest BCUT2D eigenvalue weighted by atomic mass is 19.4. The van der Waals surface area contributed by atoms with E-state index in [1.54, 1.807) is 54.6 Å². The van der Waals surface area contributed by atoms with E-state index in [4.69, 9.17) is 4.74 Å². The molecule has 0 spiro atoms. The van der Waals surface area contributed by atoms with Crippen molar-refractivity contribution < 1.29 is 17.9 Å². The highest BCUT2D eigenvalue weighted by molar-refractivity contribution is 5.64. The van der Waals surface area contributed by atoms with E-state index in [2.05, 4.69) is 0 Å². The van der Waals surface area contributed by atoms with Crippen LogP contribution in [0.5, 0.6) is 5.75 Å². The first-order valence-electron chi connectivity index (χ1n) is 8.28. The van der Waals surface area contributed by atoms with E-state index in [1.807, 2.05) is 0 Å². The number of hydrogen-bond acceptors (Lipinski definition) is 3. The maximum absolute atomic E-state index is 13.5. The molecule has 3 rings (SSSR count). The Morgan fingerprint density at radius 3 is 2.39 bits per heavy atom. The zero-order valence-electron chi connectivity index (χ0n) is 14.8. The summed E-state index contributed by atoms with van der Waals surface area (Å²) in [4.78, 5) is 12.8. The third-order valence-corrected chi connectivity index (χ3v) is 4.27. The lowest BCUT2D eigenvalue weighted by Crippen LogP contribution is -2.28. The fourth-order valence-electron chi connectivity index (χ4n) is 2.92. The number of benzene rings is 2. The van der Waals surface area contributed by atoms with Crippen molar-refractivity contribution >= 4 is 0 Å². The molecule has 28 heavy (non-hydrogen) atoms. The second-order valence-corrected chi connectivity index (χ2v) is 6.04. The number of alkyl halides is 3. The Morgan fingerprint density at radius 2 is 1.79 bits per heavy atom. The summed E-state index contributed by atoms with van der Waals surface area (Å²) in [6.45, 7) is 0.0268. The third-order valence-electron chi connectivity index (χ3n) is 4.27. The van der Waals surface area contributed by atoms with Gasteiger partial charge in [0.2, 0.25) is 0 Å². The molecule has 4 nitrogen and oxygen atoms in total. The SMILES string of the molecule is COc1cccc(-c2cc(C(F)(F)F)c(C#N)c(=O)n2Cc2ccccc2)c1. The average molecular weight is 384 g/mol. The van der Waals surface area contributed by atoms with Crippen LogP contribution in [0.1, 0.15) is 16.7 Å². The van der Waals surface area contributed by atoms with Crippen molar-refractivity contribution in [3.63, 3.8) is 0 Å². The lowest BCUT2D eigenvalue weighted by atomic mass is 10.0. The number of halogens is 3. The highest BCUT2D eigenvalue weighted by Gasteiger charge is 2.36. The highest BCUT2D eigenvalue weighted by Crippen LogP contribution is 2.34. The van der Waals surface area contributed by atoms with Gasteiger partial charge < -0.3 is 9.30 Å². The molecule has 0 bridgehead atoms. The Balaban J connectivity index is 2.32. The molecule has 0 N–H and O–H groups in total. The van der Waals surface area contributed by atoms with Gasteiger partial charge in [-0.15, -0.1) is 0 Å². The first-order valence-corrected chi connectivity index (χ1v) is 8.28. The van der Waals surface area contributed by atoms with E-state index >= 15 is 0 Å². The van der Waals surface area contributed by atoms with Crippen molar-refractivity contribution in [2.24, 2.45) is 0 Å². The summed E-state index contributed by atoms with van der Waals surface area (Å²) in [6, 6.07) is 17.5. The number of hydrogen-bond donors (Lipinski definition) is 0. The molecule has 0 saturated carbocycles. The maximum Gasteiger partial charge on any atom is 0.417 e. The molecule has 0 aliphatic rings. The summed E-state index contributed by atoms with van der Waals surface area (Å²) in [7, 11) is 1.44. The van der Waals surface area contributed by atoms with Gasteiger partial charge in [0.15, 0.2) is 0 Å². The summed E-state index contributed by atoms with van der Waals surface area (Å²) in [5.41, 5.74) is -2.00. The van der Waals surface area contributed by atoms with Crippen molar-refractivity contribution in [3.05, 3.63) is 87.7 Å². The predicted molar refractivity (Wildman–Crippen MR) is 98.0 cm³/mol. The van der Waals surface area contributed by atoms with Crippen LogP contribution in [0.15, 0.2) is 65.5 Å². The molecule has 0 radical (unpaired) electrons. The fraction of sp³-hybridized carbons (Fsp3) is 0.143. The van der Waals surface area contributed by atoms with Crippen LogP contribution in [0.25, 0.3) is 11.3 Å². The second-order valence-electron chi connectivity index (χ2n) is 6.04. The first kappa shape index (κ1) is 19.2. The van der Waals surface area contributed by atoms with Gasteiger partial charge in [0.25, 0.3) is 5.56 Å². The van der Waals surface area contributed by atoms with Crippen LogP contribution in [-0.4, -0.2) is 11.7 Å². The number of ether oxygens (including phenoxy) is 1. The topological polar surface area (TPSA) is 55.0 Å². The van der Waals surface area contributed by atoms with E-state index in [0.29, 0.717) is 11.3 Å². The molecule has 1 heterocycles. The molecule has 0 saturated heterocycles. The molecular weight excluding hydrogens is 369 g/mol. The lowest BCUT2D eigenvalue weighted by molar-refractivity contribution is -0.137. The van der Waals surface area contributed by atoms with E-state index < -0.39 is 22.9 Å². The molecule has 0 unspecified atom stereocenters. The number of nitriles is 1. The summed E-state index contributed by atoms with van der Waals surface area (Å²) in [6.07, 6.45) is -4.83. The zero-order chi connectivity index (χ0) is 20.3. The van der Waals surface area contributed by atoms with Crippen molar-refractivity contribution in [3.8, 4) is 23.1 Å². The molecule has 3 aromatic rings. The lowest BCUT2D eigenvalue weighted by Gasteiger charge is -2.18. The summed E-state index contributed by atoms with van der Waals surface area (Å²) in [5, 5.41) is 9.21. The van der Waals surface area contributed by atoms with Gasteiger partial charge in [-0.3, -0.25) is 4.79 Å². The van der Waals surface area contributed by atoms with Crippen LogP contribution < -0.4 is 10.3 Å². The van der Waals surface area contributed by atoms with Gasteiger partial charge in [-0.25, -0.2) is 0 Å². The van der Waals surface area contributed by atoms with Crippen molar-refractivity contribution in [1.29, 1.82) is 5.26 Å². The van der Waals surface area contributed by atoms with E-state index in [1.165, 1.54) is 17.7 Å². The molecule has 0 amide bonds. The van der Waals surface area contributed by atoms with Crippen LogP contribution >= 0.6 is 0 Å². The molecule has 0 fully saturated rings. The number of pyridine rings is 1. The largest absolute Gasteiger partial charge is 0.497 e. The minimum absolute atomic E-state index is 0.0268. The van der Waals surface area contributed by atoms with E-state index in [9.17, 15) is 23.2 Å². The van der Waals surface area contributed by atoms with Gasteiger partial charge in [-0.2, -0.15) is 18.4 Å². The van der Waals surface area contributed by atoms with Crippen LogP contribution in [-0.2, 0) is 12.7 Å². The second kappa shape index (κ2) is 7.61. The van der Waals surface area contributed by atoms with Gasteiger partial charge in [0.05, 0.1) is 24.9 Å². The molecule has 1 aromatic heterocycles. The van der Waals surface area contributed by atoms with Crippen LogP contribution in [0, 0.1) is 11.3 Å². The summed E-state index contributed by atoms with van der Waals surface area (Å²) < 4.78 is 46.8. The van der Waals surface area contributed by atoms with Crippen molar-refractivity contribution in [2.75, 3.05) is 7.11 Å². The van der Waals surface area contributed by atoms with E-state index in [-0.39, 0.29) is 12.2 Å². The van der Waals surface area contributed by atoms with Gasteiger partial charge >= 0.3 is 6.18 Å². The Hall–Kier alpha value is -3.53. The minimum Gasteiger partial charge on any atom is -0.497 e. The number of aromatic nitrogens is 1. The van der Waals surface area contributed by atoms with E-state index in [0.717, 1.165) is 11.6 Å². The van der Waals surface area contributed by atoms with Gasteiger partial charge in [0, 0.05) is 5.56 Å². The Kier molecular flexibility index (Phi) is 5.23. The number of rotatable bonds is 4. The van der Waals surface area contributed by atoms with Crippen LogP contribution in [0.4, 0.5) is 13.2 Å². The number of methoxy groups -OCH3 is 1. The average Bonchev–Trinajstić information content (AvgIpc) is 2.69. The first-order chi connectivity index (χ1) is 13.3. The van der Waals surface area contributed by atoms with Gasteiger partial charge in [-0.1, -0.05) is 42.5 Å². The smallest absolute Gasteiger partial charge is 0.417 e. The van der Waals surface area contributed by atoms with Crippen LogP contribution in [0.2, 0.25) is 0 Å².